The summed E-state index contributed by atoms with van der Waals surface area (Å²) in [5.74, 6) is 0.211. The first kappa shape index (κ1) is 13.7. The maximum Gasteiger partial charge on any atom is 0.172 e. The Kier molecular flexibility index (Phi) is 3.66. The number of carbonyl (C=O) groups excluding carboxylic acids is 1. The second kappa shape index (κ2) is 5.61. The van der Waals surface area contributed by atoms with Gasteiger partial charge < -0.3 is 10.1 Å². The van der Waals surface area contributed by atoms with Crippen molar-refractivity contribution in [1.82, 2.24) is 14.6 Å². The third-order valence-corrected chi connectivity index (χ3v) is 3.50. The van der Waals surface area contributed by atoms with Crippen LogP contribution in [0.15, 0.2) is 41.0 Å². The fraction of sp³-hybridized carbons (Fsp3) is 0.0714. The fourth-order valence-corrected chi connectivity index (χ4v) is 2.36. The van der Waals surface area contributed by atoms with Crippen LogP contribution in [0.2, 0.25) is 0 Å². The lowest BCUT2D eigenvalue weighted by Crippen LogP contribution is -2.08. The number of hydrogen-bond donors (Lipinski definition) is 1. The zero-order chi connectivity index (χ0) is 14.8. The highest BCUT2D eigenvalue weighted by Crippen LogP contribution is 2.27. The molecule has 7 heteroatoms. The van der Waals surface area contributed by atoms with Crippen LogP contribution in [0.5, 0.6) is 0 Å². The second-order valence-corrected chi connectivity index (χ2v) is 5.14. The van der Waals surface area contributed by atoms with E-state index in [-0.39, 0.29) is 12.4 Å². The molecule has 5 nitrogen and oxygen atoms in total. The summed E-state index contributed by atoms with van der Waals surface area (Å²) >= 11 is 3.36. The van der Waals surface area contributed by atoms with Crippen molar-refractivity contribution < 1.29 is 9.18 Å². The van der Waals surface area contributed by atoms with Crippen LogP contribution in [0.4, 0.5) is 10.2 Å². The maximum atomic E-state index is 13.9. The van der Waals surface area contributed by atoms with Crippen LogP contribution in [0.1, 0.15) is 0 Å². The van der Waals surface area contributed by atoms with E-state index in [1.165, 1.54) is 6.07 Å². The normalized spacial score (nSPS) is 10.8. The number of hydrogen-bond acceptors (Lipinski definition) is 4. The lowest BCUT2D eigenvalue weighted by Gasteiger charge is -2.09. The summed E-state index contributed by atoms with van der Waals surface area (Å²) in [6, 6.07) is 8.06. The highest BCUT2D eigenvalue weighted by molar-refractivity contribution is 9.10. The Bertz CT molecular complexity index is 818. The van der Waals surface area contributed by atoms with E-state index in [2.05, 4.69) is 31.3 Å². The van der Waals surface area contributed by atoms with Gasteiger partial charge in [-0.2, -0.15) is 9.61 Å². The molecule has 3 aromatic rings. The zero-order valence-corrected chi connectivity index (χ0v) is 12.3. The molecule has 0 amide bonds. The molecule has 1 aromatic carbocycles. The number of benzene rings is 1. The molecule has 0 radical (unpaired) electrons. The number of halogens is 2. The fourth-order valence-electron chi connectivity index (χ4n) is 2.02. The smallest absolute Gasteiger partial charge is 0.172 e. The van der Waals surface area contributed by atoms with Gasteiger partial charge in [0, 0.05) is 11.6 Å². The van der Waals surface area contributed by atoms with E-state index in [1.54, 1.807) is 35.0 Å². The molecule has 1 N–H and O–H groups in total. The molecule has 0 saturated heterocycles. The maximum absolute atomic E-state index is 13.9. The van der Waals surface area contributed by atoms with Crippen LogP contribution in [0.25, 0.3) is 16.9 Å². The van der Waals surface area contributed by atoms with E-state index in [0.717, 1.165) is 6.29 Å². The number of nitrogens with one attached hydrogen (secondary N) is 1. The number of nitrogens with zero attached hydrogens (tertiary/aromatic N) is 3. The molecule has 0 aliphatic heterocycles. The first-order valence-corrected chi connectivity index (χ1v) is 6.96. The summed E-state index contributed by atoms with van der Waals surface area (Å²) in [5.41, 5.74) is 1.40. The van der Waals surface area contributed by atoms with Crippen LogP contribution < -0.4 is 5.32 Å². The van der Waals surface area contributed by atoms with Gasteiger partial charge in [0.2, 0.25) is 0 Å². The molecule has 0 atom stereocenters. The van der Waals surface area contributed by atoms with Crippen molar-refractivity contribution in [3.8, 4) is 11.3 Å². The number of aromatic nitrogens is 3. The molecule has 2 heterocycles. The van der Waals surface area contributed by atoms with Gasteiger partial charge in [-0.05, 0) is 28.1 Å². The Balaban J connectivity index is 2.21. The monoisotopic (exact) mass is 348 g/mol. The topological polar surface area (TPSA) is 59.3 Å². The van der Waals surface area contributed by atoms with Gasteiger partial charge in [-0.15, -0.1) is 0 Å². The molecule has 0 spiro atoms. The molecular weight excluding hydrogens is 339 g/mol. The third kappa shape index (κ3) is 2.52. The Morgan fingerprint density at radius 2 is 2.19 bits per heavy atom. The van der Waals surface area contributed by atoms with Crippen molar-refractivity contribution in [2.24, 2.45) is 0 Å². The van der Waals surface area contributed by atoms with Gasteiger partial charge >= 0.3 is 0 Å². The highest BCUT2D eigenvalue weighted by atomic mass is 79.9. The zero-order valence-electron chi connectivity index (χ0n) is 10.8. The quantitative estimate of drug-likeness (QED) is 0.736. The van der Waals surface area contributed by atoms with E-state index in [1.807, 2.05) is 0 Å². The number of fused-ring (bicyclic) bond motifs is 1. The van der Waals surface area contributed by atoms with Crippen LogP contribution in [-0.4, -0.2) is 27.4 Å². The largest absolute Gasteiger partial charge is 0.363 e. The average Bonchev–Trinajstić information content (AvgIpc) is 2.87. The Morgan fingerprint density at radius 1 is 1.38 bits per heavy atom. The van der Waals surface area contributed by atoms with Gasteiger partial charge in [0.25, 0.3) is 0 Å². The molecule has 2 aromatic heterocycles. The number of rotatable bonds is 4. The first-order valence-electron chi connectivity index (χ1n) is 6.17. The molecule has 0 unspecified atom stereocenters. The van der Waals surface area contributed by atoms with Crippen molar-refractivity contribution in [2.75, 3.05) is 11.9 Å². The van der Waals surface area contributed by atoms with Crippen LogP contribution in [0, 0.1) is 5.82 Å². The van der Waals surface area contributed by atoms with Crippen molar-refractivity contribution in [2.45, 2.75) is 0 Å². The summed E-state index contributed by atoms with van der Waals surface area (Å²) in [6.07, 6.45) is 2.34. The third-order valence-electron chi connectivity index (χ3n) is 2.95. The van der Waals surface area contributed by atoms with E-state index < -0.39 is 0 Å². The molecular formula is C14H10BrFN4O. The standard InChI is InChI=1S/C14H10BrFN4O/c15-10-8-18-20-13(17-5-6-21)7-12(19-14(10)20)9-3-1-2-4-11(9)16/h1-4,6-8,17H,5H2. The summed E-state index contributed by atoms with van der Waals surface area (Å²) in [7, 11) is 0. The number of carbonyl (C=O) groups is 1. The van der Waals surface area contributed by atoms with Gasteiger partial charge in [0.1, 0.15) is 17.9 Å². The summed E-state index contributed by atoms with van der Waals surface area (Å²) in [4.78, 5) is 15.0. The minimum absolute atomic E-state index is 0.132. The minimum Gasteiger partial charge on any atom is -0.363 e. The van der Waals surface area contributed by atoms with Gasteiger partial charge in [-0.3, -0.25) is 0 Å². The van der Waals surface area contributed by atoms with Crippen LogP contribution >= 0.6 is 15.9 Å². The SMILES string of the molecule is O=CCNc1cc(-c2ccccc2F)nc2c(Br)cnn12. The number of aldehydes is 1. The Labute approximate surface area is 127 Å². The summed E-state index contributed by atoms with van der Waals surface area (Å²) in [5, 5.41) is 7.09. The van der Waals surface area contributed by atoms with E-state index >= 15 is 0 Å². The van der Waals surface area contributed by atoms with Gasteiger partial charge in [-0.25, -0.2) is 9.37 Å². The molecule has 0 aliphatic rings. The van der Waals surface area contributed by atoms with Crippen LogP contribution in [0.3, 0.4) is 0 Å². The molecule has 0 bridgehead atoms. The lowest BCUT2D eigenvalue weighted by molar-refractivity contribution is -0.106. The first-order chi connectivity index (χ1) is 10.2. The Hall–Kier alpha value is -2.28. The van der Waals surface area contributed by atoms with Gasteiger partial charge in [-0.1, -0.05) is 12.1 Å². The molecule has 21 heavy (non-hydrogen) atoms. The second-order valence-electron chi connectivity index (χ2n) is 4.28. The molecule has 3 rings (SSSR count). The van der Waals surface area contributed by atoms with Crippen molar-refractivity contribution in [3.63, 3.8) is 0 Å². The van der Waals surface area contributed by atoms with Gasteiger partial charge in [0.15, 0.2) is 5.65 Å². The molecule has 106 valence electrons. The summed E-state index contributed by atoms with van der Waals surface area (Å²) in [6.45, 7) is 0.132. The van der Waals surface area contributed by atoms with Crippen molar-refractivity contribution in [1.29, 1.82) is 0 Å². The molecule has 0 aliphatic carbocycles. The predicted molar refractivity (Wildman–Crippen MR) is 80.6 cm³/mol. The molecule has 0 fully saturated rings. The summed E-state index contributed by atoms with van der Waals surface area (Å²) < 4.78 is 16.2. The van der Waals surface area contributed by atoms with Crippen LogP contribution in [-0.2, 0) is 4.79 Å². The van der Waals surface area contributed by atoms with Gasteiger partial charge in [0.05, 0.1) is 22.9 Å². The highest BCUT2D eigenvalue weighted by Gasteiger charge is 2.13. The van der Waals surface area contributed by atoms with Crippen molar-refractivity contribution >= 4 is 33.7 Å². The Morgan fingerprint density at radius 3 is 2.95 bits per heavy atom. The minimum atomic E-state index is -0.355. The molecule has 0 saturated carbocycles. The lowest BCUT2D eigenvalue weighted by atomic mass is 10.1. The van der Waals surface area contributed by atoms with E-state index in [4.69, 9.17) is 0 Å². The van der Waals surface area contributed by atoms with Crippen molar-refractivity contribution in [3.05, 3.63) is 46.8 Å². The van der Waals surface area contributed by atoms with E-state index in [9.17, 15) is 9.18 Å². The van der Waals surface area contributed by atoms with E-state index in [0.29, 0.717) is 27.2 Å². The average molecular weight is 349 g/mol. The predicted octanol–water partition coefficient (Wildman–Crippen LogP) is 2.91. The number of anilines is 1.